The third kappa shape index (κ3) is 12.3. The van der Waals surface area contributed by atoms with Crippen molar-refractivity contribution < 1.29 is 75.1 Å². The zero-order valence-electron chi connectivity index (χ0n) is 39.1. The molecule has 0 bridgehead atoms. The number of benzene rings is 8. The van der Waals surface area contributed by atoms with Crippen LogP contribution in [-0.2, 0) is 50.6 Å². The van der Waals surface area contributed by atoms with E-state index in [0.29, 0.717) is 0 Å². The van der Waals surface area contributed by atoms with E-state index in [1.165, 1.54) is 60.7 Å². The number of aromatic hydroxyl groups is 2. The van der Waals surface area contributed by atoms with Gasteiger partial charge >= 0.3 is 0 Å². The number of nitrogen functional groups attached to an aromatic ring is 4. The van der Waals surface area contributed by atoms with Crippen LogP contribution in [0.3, 0.4) is 0 Å². The van der Waals surface area contributed by atoms with Gasteiger partial charge in [-0.1, -0.05) is 12.1 Å². The summed E-state index contributed by atoms with van der Waals surface area (Å²) in [5, 5.41) is 56.4. The summed E-state index contributed by atoms with van der Waals surface area (Å²) in [5.74, 6) is -1.67. The summed E-state index contributed by atoms with van der Waals surface area (Å²) in [5.41, 5.74) is 19.6. The second-order valence-electron chi connectivity index (χ2n) is 16.4. The predicted molar refractivity (Wildman–Crippen MR) is 284 cm³/mol. The van der Waals surface area contributed by atoms with Crippen LogP contribution in [0.2, 0.25) is 0 Å². The first-order valence-corrected chi connectivity index (χ1v) is 28.5. The topological polar surface area (TPSA) is 527 Å². The molecule has 79 heavy (non-hydrogen) atoms. The molecule has 0 saturated heterocycles. The van der Waals surface area contributed by atoms with Gasteiger partial charge in [0.2, 0.25) is 0 Å². The van der Waals surface area contributed by atoms with E-state index in [0.717, 1.165) is 54.6 Å². The molecule has 0 aliphatic rings. The second-order valence-corrected chi connectivity index (χ2v) is 23.3. The maximum Gasteiger partial charge on any atom is 0.296 e. The van der Waals surface area contributed by atoms with Crippen molar-refractivity contribution in [2.75, 3.05) is 28.3 Å². The van der Waals surface area contributed by atoms with E-state index in [1.54, 1.807) is 0 Å². The van der Waals surface area contributed by atoms with E-state index < -0.39 is 97.9 Å². The molecule has 0 aliphatic carbocycles. The number of fused-ring (bicyclic) bond motifs is 2. The summed E-state index contributed by atoms with van der Waals surface area (Å²) in [6.07, 6.45) is 0. The van der Waals surface area contributed by atoms with Crippen molar-refractivity contribution in [3.05, 3.63) is 115 Å². The third-order valence-corrected chi connectivity index (χ3v) is 15.4. The van der Waals surface area contributed by atoms with Crippen LogP contribution in [0.5, 0.6) is 11.5 Å². The first-order valence-electron chi connectivity index (χ1n) is 21.3. The zero-order chi connectivity index (χ0) is 57.7. The number of phenols is 2. The fourth-order valence-corrected chi connectivity index (χ4v) is 10.5. The van der Waals surface area contributed by atoms with Crippen molar-refractivity contribution in [2.45, 2.75) is 24.5 Å². The number of phenolic OH excluding ortho intramolecular Hbond substituents is 2. The molecule has 0 spiro atoms. The van der Waals surface area contributed by atoms with Gasteiger partial charge in [-0.15, -0.1) is 20.5 Å². The van der Waals surface area contributed by atoms with Gasteiger partial charge < -0.3 is 38.5 Å². The Morgan fingerprint density at radius 3 is 1.10 bits per heavy atom. The minimum Gasteiger partial charge on any atom is -0.505 e. The van der Waals surface area contributed by atoms with Gasteiger partial charge in [0.15, 0.2) is 11.5 Å². The third-order valence-electron chi connectivity index (χ3n) is 11.0. The Morgan fingerprint density at radius 2 is 0.696 bits per heavy atom. The van der Waals surface area contributed by atoms with Gasteiger partial charge in [-0.3, -0.25) is 22.8 Å². The van der Waals surface area contributed by atoms with E-state index >= 15 is 0 Å². The minimum absolute atomic E-state index is 0.00652. The molecule has 0 atom stereocenters. The highest BCUT2D eigenvalue weighted by Gasteiger charge is 2.25. The maximum absolute atomic E-state index is 12.7. The number of anilines is 6. The lowest BCUT2D eigenvalue weighted by Crippen LogP contribution is -2.04. The lowest BCUT2D eigenvalue weighted by atomic mass is 10.1. The van der Waals surface area contributed by atoms with Gasteiger partial charge in [-0.05, 0) is 114 Å². The largest absolute Gasteiger partial charge is 0.505 e. The van der Waals surface area contributed by atoms with Gasteiger partial charge in [0.05, 0.1) is 51.2 Å². The Hall–Kier alpha value is -9.17. The number of hydrogen-bond acceptors (Lipinski definition) is 25. The summed E-state index contributed by atoms with van der Waals surface area (Å²) in [7, 11) is -24.8. The number of nitrogens with one attached hydrogen (secondary N) is 1. The maximum atomic E-state index is 12.7. The molecule has 0 saturated carbocycles. The number of nitrogens with zero attached hydrogens (tertiary/aromatic N) is 8. The number of hydrogen-bond donors (Lipinski definition) is 12. The van der Waals surface area contributed by atoms with Crippen LogP contribution in [-0.4, -0.2) is 75.1 Å². The van der Waals surface area contributed by atoms with Crippen LogP contribution in [0.15, 0.2) is 181 Å². The Bertz CT molecular complexity index is 4620. The molecular formula is C44H35N13O17S5. The quantitative estimate of drug-likeness (QED) is 0.0258. The lowest BCUT2D eigenvalue weighted by Gasteiger charge is -2.12. The Balaban J connectivity index is 1.05. The predicted octanol–water partition coefficient (Wildman–Crippen LogP) is 9.37. The van der Waals surface area contributed by atoms with Gasteiger partial charge in [0.1, 0.15) is 47.2 Å². The number of azo groups is 4. The van der Waals surface area contributed by atoms with Crippen molar-refractivity contribution in [3.8, 4) is 11.5 Å². The molecule has 0 heterocycles. The van der Waals surface area contributed by atoms with Crippen LogP contribution in [0.4, 0.5) is 79.6 Å². The molecule has 0 aromatic heterocycles. The summed E-state index contributed by atoms with van der Waals surface area (Å²) in [6.45, 7) is 0. The Labute approximate surface area is 445 Å². The van der Waals surface area contributed by atoms with E-state index in [1.807, 2.05) is 0 Å². The molecule has 0 unspecified atom stereocenters. The molecule has 8 rings (SSSR count). The molecule has 408 valence electrons. The second kappa shape index (κ2) is 20.7. The van der Waals surface area contributed by atoms with Gasteiger partial charge in [0, 0.05) is 16.5 Å². The van der Waals surface area contributed by atoms with E-state index in [2.05, 4.69) is 46.2 Å². The summed E-state index contributed by atoms with van der Waals surface area (Å²) in [6, 6.07) is 21.7. The summed E-state index contributed by atoms with van der Waals surface area (Å²) < 4.78 is 172. The van der Waals surface area contributed by atoms with E-state index in [4.69, 9.17) is 22.9 Å². The summed E-state index contributed by atoms with van der Waals surface area (Å²) in [4.78, 5) is -3.97. The fraction of sp³-hybridized carbons (Fsp3) is 0. The van der Waals surface area contributed by atoms with Crippen molar-refractivity contribution >= 4 is 152 Å². The van der Waals surface area contributed by atoms with Crippen molar-refractivity contribution in [1.29, 1.82) is 0 Å². The molecule has 0 aliphatic heterocycles. The van der Waals surface area contributed by atoms with Crippen LogP contribution < -0.4 is 28.3 Å². The highest BCUT2D eigenvalue weighted by atomic mass is 32.2. The molecule has 0 fully saturated rings. The lowest BCUT2D eigenvalue weighted by molar-refractivity contribution is 0.471. The first-order chi connectivity index (χ1) is 36.8. The van der Waals surface area contributed by atoms with Crippen LogP contribution in [0.25, 0.3) is 21.5 Å². The average Bonchev–Trinajstić information content (AvgIpc) is 3.37. The smallest absolute Gasteiger partial charge is 0.296 e. The highest BCUT2D eigenvalue weighted by molar-refractivity contribution is 7.87. The van der Waals surface area contributed by atoms with Crippen molar-refractivity contribution in [2.24, 2.45) is 40.9 Å². The molecule has 16 N–H and O–H groups in total. The SMILES string of the molecule is Nc1cc(N)c(S(=O)(=O)O)cc1N=Nc1ccc2cc(S(=O)(=O)O)c(N=Nc3ccc(Nc4ccc(N=Nc5c(S(=O)(=O)O)cc6ccc(N=Nc7cc(S(=O)(=O)O)c(N)cc7N)cc6c5O)cc4S(=O)(=O)O)cc3)c(O)c2c1. The monoisotopic (exact) mass is 1180 g/mol. The van der Waals surface area contributed by atoms with Gasteiger partial charge in [0.25, 0.3) is 50.6 Å². The standard InChI is InChI=1S/C44H35N13O17S5/c45-29-16-31(47)36(75(60,61)62)18-34(29)54-51-24-3-1-20-11-39(78(69,70)71)41(43(58)27(20)13-24)56-50-23-7-5-22(6-8-23)49-33-10-9-26(15-38(33)77(66,67)68)53-57-42-40(79(72,73)74)12-21-2-4-25(14-28(21)44(42)59)52-55-35-19-37(76(63,64)65)32(48)17-30(35)46/h1-19,49,58-59H,45-48H2,(H,60,61,62)(H,63,64,65)(H,66,67,68)(H,69,70,71)(H,72,73,74). The van der Waals surface area contributed by atoms with Gasteiger partial charge in [-0.2, -0.15) is 62.5 Å². The summed E-state index contributed by atoms with van der Waals surface area (Å²) >= 11 is 0. The van der Waals surface area contributed by atoms with Crippen LogP contribution in [0, 0.1) is 0 Å². The molecule has 8 aromatic carbocycles. The Kier molecular flexibility index (Phi) is 14.7. The highest BCUT2D eigenvalue weighted by Crippen LogP contribution is 2.45. The molecule has 8 aromatic rings. The average molecular weight is 1180 g/mol. The van der Waals surface area contributed by atoms with E-state index in [9.17, 15) is 75.1 Å². The van der Waals surface area contributed by atoms with Crippen molar-refractivity contribution in [1.82, 2.24) is 0 Å². The van der Waals surface area contributed by atoms with Crippen molar-refractivity contribution in [3.63, 3.8) is 0 Å². The molecule has 35 heteroatoms. The fourth-order valence-electron chi connectivity index (χ4n) is 7.29. The van der Waals surface area contributed by atoms with Gasteiger partial charge in [-0.25, -0.2) is 0 Å². The normalized spacial score (nSPS) is 13.0. The first kappa shape index (κ1) is 56.0. The molecule has 0 amide bonds. The van der Waals surface area contributed by atoms with Crippen LogP contribution >= 0.6 is 0 Å². The zero-order valence-corrected chi connectivity index (χ0v) is 43.2. The minimum atomic E-state index is -5.14. The number of rotatable bonds is 15. The number of nitrogens with two attached hydrogens (primary N) is 4. The molecule has 30 nitrogen and oxygen atoms in total. The Morgan fingerprint density at radius 1 is 0.342 bits per heavy atom. The van der Waals surface area contributed by atoms with Crippen LogP contribution in [0.1, 0.15) is 0 Å². The molecular weight excluding hydrogens is 1140 g/mol. The molecule has 0 radical (unpaired) electrons. The van der Waals surface area contributed by atoms with E-state index in [-0.39, 0.29) is 89.8 Å².